The second kappa shape index (κ2) is 3.45. The molecule has 0 saturated carbocycles. The summed E-state index contributed by atoms with van der Waals surface area (Å²) in [6.07, 6.45) is 4.88. The second-order valence-corrected chi connectivity index (χ2v) is 2.86. The molecule has 0 aromatic carbocycles. The van der Waals surface area contributed by atoms with E-state index in [1.165, 1.54) is 6.33 Å². The molecular weight excluding hydrogens is 178 g/mol. The van der Waals surface area contributed by atoms with Gasteiger partial charge in [0.2, 0.25) is 0 Å². The Morgan fingerprint density at radius 2 is 2.36 bits per heavy atom. The van der Waals surface area contributed by atoms with E-state index >= 15 is 0 Å². The lowest BCUT2D eigenvalue weighted by Crippen LogP contribution is -2.01. The molecule has 14 heavy (non-hydrogen) atoms. The van der Waals surface area contributed by atoms with Crippen LogP contribution in [0.3, 0.4) is 0 Å². The van der Waals surface area contributed by atoms with Crippen molar-refractivity contribution in [2.45, 2.75) is 13.5 Å². The van der Waals surface area contributed by atoms with E-state index in [1.54, 1.807) is 23.1 Å². The lowest BCUT2D eigenvalue weighted by Gasteiger charge is -2.04. The molecule has 0 bridgehead atoms. The minimum Gasteiger partial charge on any atom is -0.398 e. The van der Waals surface area contributed by atoms with Crippen LogP contribution in [0.1, 0.15) is 6.92 Å². The van der Waals surface area contributed by atoms with Crippen LogP contribution >= 0.6 is 0 Å². The molecule has 5 heteroatoms. The Hall–Kier alpha value is -1.91. The van der Waals surface area contributed by atoms with Gasteiger partial charge in [-0.3, -0.25) is 4.98 Å². The minimum atomic E-state index is 0.669. The highest BCUT2D eigenvalue weighted by Gasteiger charge is 2.08. The third kappa shape index (κ3) is 1.32. The molecule has 0 unspecified atom stereocenters. The van der Waals surface area contributed by atoms with Crippen LogP contribution < -0.4 is 5.73 Å². The third-order valence-electron chi connectivity index (χ3n) is 2.01. The van der Waals surface area contributed by atoms with Crippen LogP contribution in [0.15, 0.2) is 24.8 Å². The summed E-state index contributed by atoms with van der Waals surface area (Å²) in [6, 6.07) is 1.75. The zero-order chi connectivity index (χ0) is 9.97. The van der Waals surface area contributed by atoms with E-state index in [2.05, 4.69) is 15.1 Å². The highest BCUT2D eigenvalue weighted by atomic mass is 15.3. The maximum atomic E-state index is 5.81. The first-order chi connectivity index (χ1) is 6.83. The Morgan fingerprint density at radius 3 is 3.07 bits per heavy atom. The average molecular weight is 189 g/mol. The molecule has 0 atom stereocenters. The van der Waals surface area contributed by atoms with Crippen molar-refractivity contribution in [1.29, 1.82) is 0 Å². The van der Waals surface area contributed by atoms with Crippen molar-refractivity contribution in [1.82, 2.24) is 19.7 Å². The predicted octanol–water partition coefficient (Wildman–Crippen LogP) is 0.942. The molecule has 2 aromatic rings. The monoisotopic (exact) mass is 189 g/mol. The van der Waals surface area contributed by atoms with Crippen molar-refractivity contribution >= 4 is 5.69 Å². The highest BCUT2D eigenvalue weighted by molar-refractivity contribution is 5.69. The topological polar surface area (TPSA) is 69.6 Å². The summed E-state index contributed by atoms with van der Waals surface area (Å²) in [5.41, 5.74) is 7.31. The minimum absolute atomic E-state index is 0.669. The smallest absolute Gasteiger partial charge is 0.161 e. The van der Waals surface area contributed by atoms with Crippen molar-refractivity contribution in [2.24, 2.45) is 0 Å². The molecule has 72 valence electrons. The maximum absolute atomic E-state index is 5.81. The van der Waals surface area contributed by atoms with Crippen molar-refractivity contribution < 1.29 is 0 Å². The fourth-order valence-corrected chi connectivity index (χ4v) is 1.30. The van der Waals surface area contributed by atoms with E-state index in [9.17, 15) is 0 Å². The van der Waals surface area contributed by atoms with Gasteiger partial charge in [-0.25, -0.2) is 9.67 Å². The van der Waals surface area contributed by atoms with E-state index in [4.69, 9.17) is 5.73 Å². The van der Waals surface area contributed by atoms with Crippen LogP contribution in [-0.4, -0.2) is 19.7 Å². The van der Waals surface area contributed by atoms with Crippen LogP contribution in [0.25, 0.3) is 11.4 Å². The number of nitrogen functional groups attached to an aromatic ring is 1. The van der Waals surface area contributed by atoms with E-state index in [0.717, 1.165) is 17.9 Å². The van der Waals surface area contributed by atoms with Gasteiger partial charge in [-0.2, -0.15) is 5.10 Å². The fourth-order valence-electron chi connectivity index (χ4n) is 1.30. The van der Waals surface area contributed by atoms with Crippen LogP contribution in [0.5, 0.6) is 0 Å². The molecule has 0 saturated heterocycles. The Bertz CT molecular complexity index is 434. The first-order valence-electron chi connectivity index (χ1n) is 4.40. The van der Waals surface area contributed by atoms with Gasteiger partial charge in [-0.15, -0.1) is 0 Å². The number of pyridine rings is 1. The van der Waals surface area contributed by atoms with Gasteiger partial charge in [0, 0.05) is 24.6 Å². The largest absolute Gasteiger partial charge is 0.398 e. The lowest BCUT2D eigenvalue weighted by molar-refractivity contribution is 0.666. The molecule has 2 rings (SSSR count). The normalized spacial score (nSPS) is 10.4. The van der Waals surface area contributed by atoms with Gasteiger partial charge >= 0.3 is 0 Å². The van der Waals surface area contributed by atoms with Crippen LogP contribution in [0.4, 0.5) is 5.69 Å². The zero-order valence-electron chi connectivity index (χ0n) is 7.88. The number of aryl methyl sites for hydroxylation is 1. The van der Waals surface area contributed by atoms with Gasteiger partial charge in [0.05, 0.1) is 5.56 Å². The number of nitrogens with zero attached hydrogens (tertiary/aromatic N) is 4. The van der Waals surface area contributed by atoms with Gasteiger partial charge in [0.15, 0.2) is 5.82 Å². The second-order valence-electron chi connectivity index (χ2n) is 2.86. The molecule has 0 aliphatic carbocycles. The molecule has 0 aliphatic heterocycles. The number of hydrogen-bond acceptors (Lipinski definition) is 4. The fraction of sp³-hybridized carbons (Fsp3) is 0.222. The maximum Gasteiger partial charge on any atom is 0.161 e. The molecular formula is C9H11N5. The van der Waals surface area contributed by atoms with Crippen molar-refractivity contribution in [2.75, 3.05) is 5.73 Å². The standard InChI is InChI=1S/C9H11N5/c1-2-14-9(12-6-13-14)7-5-11-4-3-8(7)10/h3-6H,2H2,1H3,(H2,10,11). The molecule has 2 aromatic heterocycles. The first kappa shape index (κ1) is 8.68. The van der Waals surface area contributed by atoms with Crippen LogP contribution in [0.2, 0.25) is 0 Å². The summed E-state index contributed by atoms with van der Waals surface area (Å²) in [4.78, 5) is 8.17. The summed E-state index contributed by atoms with van der Waals surface area (Å²) in [5, 5.41) is 4.07. The number of nitrogens with two attached hydrogens (primary N) is 1. The van der Waals surface area contributed by atoms with Gasteiger partial charge in [0.25, 0.3) is 0 Å². The van der Waals surface area contributed by atoms with E-state index in [1.807, 2.05) is 6.92 Å². The molecule has 5 nitrogen and oxygen atoms in total. The van der Waals surface area contributed by atoms with Gasteiger partial charge in [-0.05, 0) is 13.0 Å². The summed E-state index contributed by atoms with van der Waals surface area (Å²) >= 11 is 0. The van der Waals surface area contributed by atoms with Crippen molar-refractivity contribution in [3.05, 3.63) is 24.8 Å². The van der Waals surface area contributed by atoms with E-state index in [-0.39, 0.29) is 0 Å². The lowest BCUT2D eigenvalue weighted by atomic mass is 10.2. The predicted molar refractivity (Wildman–Crippen MR) is 53.3 cm³/mol. The van der Waals surface area contributed by atoms with Gasteiger partial charge < -0.3 is 5.73 Å². The Kier molecular flexibility index (Phi) is 2.14. The average Bonchev–Trinajstić information content (AvgIpc) is 2.66. The van der Waals surface area contributed by atoms with Gasteiger partial charge in [-0.1, -0.05) is 0 Å². The summed E-state index contributed by atoms with van der Waals surface area (Å²) in [6.45, 7) is 2.77. The first-order valence-corrected chi connectivity index (χ1v) is 4.40. The number of hydrogen-bond donors (Lipinski definition) is 1. The SMILES string of the molecule is CCn1ncnc1-c1cnccc1N. The van der Waals surface area contributed by atoms with Crippen molar-refractivity contribution in [3.63, 3.8) is 0 Å². The highest BCUT2D eigenvalue weighted by Crippen LogP contribution is 2.21. The third-order valence-corrected chi connectivity index (χ3v) is 2.01. The Morgan fingerprint density at radius 1 is 1.50 bits per heavy atom. The molecule has 2 heterocycles. The van der Waals surface area contributed by atoms with E-state index < -0.39 is 0 Å². The van der Waals surface area contributed by atoms with Crippen LogP contribution in [0, 0.1) is 0 Å². The number of aromatic nitrogens is 4. The molecule has 2 N–H and O–H groups in total. The molecule has 0 fully saturated rings. The Labute approximate surface area is 81.6 Å². The van der Waals surface area contributed by atoms with E-state index in [0.29, 0.717) is 5.69 Å². The molecule has 0 spiro atoms. The molecule has 0 radical (unpaired) electrons. The quantitative estimate of drug-likeness (QED) is 0.763. The molecule has 0 amide bonds. The summed E-state index contributed by atoms with van der Waals surface area (Å²) in [5.74, 6) is 0.762. The van der Waals surface area contributed by atoms with Gasteiger partial charge in [0.1, 0.15) is 6.33 Å². The summed E-state index contributed by atoms with van der Waals surface area (Å²) < 4.78 is 1.79. The zero-order valence-corrected chi connectivity index (χ0v) is 7.88. The Balaban J connectivity index is 2.54. The number of anilines is 1. The van der Waals surface area contributed by atoms with Crippen LogP contribution in [-0.2, 0) is 6.54 Å². The summed E-state index contributed by atoms with van der Waals surface area (Å²) in [7, 11) is 0. The molecule has 0 aliphatic rings. The van der Waals surface area contributed by atoms with Crippen molar-refractivity contribution in [3.8, 4) is 11.4 Å². The number of rotatable bonds is 2.